The van der Waals surface area contributed by atoms with Gasteiger partial charge in [0.15, 0.2) is 0 Å². The summed E-state index contributed by atoms with van der Waals surface area (Å²) in [5.41, 5.74) is 2.31. The van der Waals surface area contributed by atoms with Crippen molar-refractivity contribution in [3.8, 4) is 0 Å². The van der Waals surface area contributed by atoms with Crippen LogP contribution < -0.4 is 0 Å². The van der Waals surface area contributed by atoms with Crippen LogP contribution in [-0.2, 0) is 0 Å². The first-order chi connectivity index (χ1) is 7.59. The van der Waals surface area contributed by atoms with Crippen molar-refractivity contribution in [3.05, 3.63) is 23.8 Å². The average molecular weight is 234 g/mol. The molecule has 0 N–H and O–H groups in total. The Morgan fingerprint density at radius 3 is 2.12 bits per heavy atom. The minimum Gasteiger partial charge on any atom is -0.0811 e. The number of hydrogen-bond acceptors (Lipinski definition) is 0. The molecular weight excluding hydrogens is 204 g/mol. The first-order valence-corrected chi connectivity index (χ1v) is 6.98. The van der Waals surface area contributed by atoms with E-state index in [-0.39, 0.29) is 0 Å². The average Bonchev–Trinajstić information content (AvgIpc) is 2.13. The van der Waals surface area contributed by atoms with E-state index in [0.717, 1.165) is 0 Å². The zero-order chi connectivity index (χ0) is 13.3. The van der Waals surface area contributed by atoms with Gasteiger partial charge in [0.1, 0.15) is 0 Å². The minimum absolute atomic E-state index is 0.351. The molecule has 0 aromatic rings. The Bertz CT molecular complexity index is 304. The molecule has 0 saturated carbocycles. The summed E-state index contributed by atoms with van der Waals surface area (Å²) < 4.78 is 0. The maximum absolute atomic E-state index is 2.46. The van der Waals surface area contributed by atoms with E-state index in [9.17, 15) is 0 Å². The molecule has 17 heavy (non-hydrogen) atoms. The molecule has 2 unspecified atom stereocenters. The maximum Gasteiger partial charge on any atom is -0.0112 e. The summed E-state index contributed by atoms with van der Waals surface area (Å²) in [6, 6.07) is 0. The smallest absolute Gasteiger partial charge is 0.0112 e. The summed E-state index contributed by atoms with van der Waals surface area (Å²) in [6.07, 6.45) is 9.68. The summed E-state index contributed by atoms with van der Waals surface area (Å²) >= 11 is 0. The fourth-order valence-electron chi connectivity index (χ4n) is 2.54. The SMILES string of the molecule is CC1C=CC(C(CC(C)(C)C)C(C)(C)C)=CC1. The normalized spacial score (nSPS) is 23.5. The van der Waals surface area contributed by atoms with E-state index in [2.05, 4.69) is 66.7 Å². The molecule has 0 amide bonds. The fraction of sp³-hybridized carbons (Fsp3) is 0.765. The Balaban J connectivity index is 2.89. The standard InChI is InChI=1S/C17H30/c1-13-8-10-14(11-9-13)15(17(5,6)7)12-16(2,3)4/h8,10-11,13,15H,9,12H2,1-7H3. The van der Waals surface area contributed by atoms with Crippen LogP contribution in [-0.4, -0.2) is 0 Å². The highest BCUT2D eigenvalue weighted by Crippen LogP contribution is 2.42. The summed E-state index contributed by atoms with van der Waals surface area (Å²) in [6.45, 7) is 16.5. The van der Waals surface area contributed by atoms with E-state index >= 15 is 0 Å². The molecule has 0 radical (unpaired) electrons. The zero-order valence-corrected chi connectivity index (χ0v) is 12.8. The van der Waals surface area contributed by atoms with Crippen molar-refractivity contribution in [2.75, 3.05) is 0 Å². The van der Waals surface area contributed by atoms with Crippen LogP contribution in [0.2, 0.25) is 0 Å². The maximum atomic E-state index is 2.46. The lowest BCUT2D eigenvalue weighted by Crippen LogP contribution is -2.27. The number of allylic oxidation sites excluding steroid dienone is 4. The lowest BCUT2D eigenvalue weighted by Gasteiger charge is -2.37. The van der Waals surface area contributed by atoms with Crippen LogP contribution in [0, 0.1) is 22.7 Å². The molecule has 2 atom stereocenters. The first kappa shape index (κ1) is 14.5. The quantitative estimate of drug-likeness (QED) is 0.583. The van der Waals surface area contributed by atoms with Gasteiger partial charge in [-0.05, 0) is 41.1 Å². The Hall–Kier alpha value is -0.520. The monoisotopic (exact) mass is 234 g/mol. The van der Waals surface area contributed by atoms with Gasteiger partial charge in [-0.3, -0.25) is 0 Å². The molecule has 0 saturated heterocycles. The van der Waals surface area contributed by atoms with E-state index in [0.29, 0.717) is 22.7 Å². The number of hydrogen-bond donors (Lipinski definition) is 0. The van der Waals surface area contributed by atoms with E-state index in [4.69, 9.17) is 0 Å². The molecule has 0 spiro atoms. The highest BCUT2D eigenvalue weighted by Gasteiger charge is 2.31. The van der Waals surface area contributed by atoms with Gasteiger partial charge in [-0.1, -0.05) is 66.7 Å². The Morgan fingerprint density at radius 2 is 1.76 bits per heavy atom. The highest BCUT2D eigenvalue weighted by molar-refractivity contribution is 5.27. The Labute approximate surface area is 108 Å². The van der Waals surface area contributed by atoms with E-state index in [1.807, 2.05) is 0 Å². The van der Waals surface area contributed by atoms with Gasteiger partial charge in [-0.15, -0.1) is 0 Å². The third-order valence-corrected chi connectivity index (χ3v) is 3.61. The van der Waals surface area contributed by atoms with E-state index in [1.54, 1.807) is 5.57 Å². The summed E-state index contributed by atoms with van der Waals surface area (Å²) in [4.78, 5) is 0. The highest BCUT2D eigenvalue weighted by atomic mass is 14.4. The van der Waals surface area contributed by atoms with Crippen LogP contribution >= 0.6 is 0 Å². The van der Waals surface area contributed by atoms with Crippen molar-refractivity contribution >= 4 is 0 Å². The largest absolute Gasteiger partial charge is 0.0811 e. The van der Waals surface area contributed by atoms with Crippen molar-refractivity contribution in [3.63, 3.8) is 0 Å². The van der Waals surface area contributed by atoms with Gasteiger partial charge in [0.25, 0.3) is 0 Å². The lowest BCUT2D eigenvalue weighted by molar-refractivity contribution is 0.198. The van der Waals surface area contributed by atoms with Gasteiger partial charge in [0, 0.05) is 0 Å². The molecule has 98 valence electrons. The molecule has 0 bridgehead atoms. The molecule has 0 nitrogen and oxygen atoms in total. The molecule has 1 rings (SSSR count). The van der Waals surface area contributed by atoms with Crippen LogP contribution in [0.1, 0.15) is 61.3 Å². The summed E-state index contributed by atoms with van der Waals surface area (Å²) in [5, 5.41) is 0. The molecule has 0 fully saturated rings. The minimum atomic E-state index is 0.351. The fourth-order valence-corrected chi connectivity index (χ4v) is 2.54. The second-order valence-corrected chi connectivity index (χ2v) is 7.96. The van der Waals surface area contributed by atoms with Crippen LogP contribution in [0.15, 0.2) is 23.8 Å². The molecule has 0 aliphatic heterocycles. The predicted octanol–water partition coefficient (Wildman–Crippen LogP) is 5.61. The third-order valence-electron chi connectivity index (χ3n) is 3.61. The second kappa shape index (κ2) is 5.00. The van der Waals surface area contributed by atoms with Gasteiger partial charge in [-0.2, -0.15) is 0 Å². The van der Waals surface area contributed by atoms with E-state index < -0.39 is 0 Å². The van der Waals surface area contributed by atoms with Gasteiger partial charge in [0.2, 0.25) is 0 Å². The molecule has 1 aliphatic carbocycles. The second-order valence-electron chi connectivity index (χ2n) is 7.96. The van der Waals surface area contributed by atoms with E-state index in [1.165, 1.54) is 12.8 Å². The van der Waals surface area contributed by atoms with Crippen molar-refractivity contribution < 1.29 is 0 Å². The van der Waals surface area contributed by atoms with Crippen molar-refractivity contribution in [1.29, 1.82) is 0 Å². The topological polar surface area (TPSA) is 0 Å². The van der Waals surface area contributed by atoms with Crippen LogP contribution in [0.5, 0.6) is 0 Å². The van der Waals surface area contributed by atoms with Gasteiger partial charge in [-0.25, -0.2) is 0 Å². The Kier molecular flexibility index (Phi) is 4.28. The van der Waals surface area contributed by atoms with Gasteiger partial charge in [0.05, 0.1) is 0 Å². The third kappa shape index (κ3) is 4.69. The number of rotatable bonds is 2. The first-order valence-electron chi connectivity index (χ1n) is 6.98. The molecule has 0 heterocycles. The van der Waals surface area contributed by atoms with Crippen molar-refractivity contribution in [1.82, 2.24) is 0 Å². The van der Waals surface area contributed by atoms with Gasteiger partial charge >= 0.3 is 0 Å². The van der Waals surface area contributed by atoms with Crippen molar-refractivity contribution in [2.24, 2.45) is 22.7 Å². The zero-order valence-electron chi connectivity index (χ0n) is 12.8. The van der Waals surface area contributed by atoms with Crippen LogP contribution in [0.3, 0.4) is 0 Å². The summed E-state index contributed by atoms with van der Waals surface area (Å²) in [7, 11) is 0. The summed E-state index contributed by atoms with van der Waals surface area (Å²) in [5.74, 6) is 1.39. The Morgan fingerprint density at radius 1 is 1.18 bits per heavy atom. The van der Waals surface area contributed by atoms with Gasteiger partial charge < -0.3 is 0 Å². The molecule has 0 aromatic heterocycles. The molecule has 0 heteroatoms. The molecule has 1 aliphatic rings. The molecular formula is C17H30. The predicted molar refractivity (Wildman–Crippen MR) is 78.0 cm³/mol. The van der Waals surface area contributed by atoms with Crippen LogP contribution in [0.4, 0.5) is 0 Å². The molecule has 0 aromatic carbocycles. The lowest BCUT2D eigenvalue weighted by atomic mass is 9.68. The van der Waals surface area contributed by atoms with Crippen LogP contribution in [0.25, 0.3) is 0 Å². The van der Waals surface area contributed by atoms with Crippen molar-refractivity contribution in [2.45, 2.75) is 61.3 Å².